The average molecular weight is 427 g/mol. The van der Waals surface area contributed by atoms with Crippen molar-refractivity contribution >= 4 is 17.5 Å². The largest absolute Gasteiger partial charge is 0.339 e. The Labute approximate surface area is 187 Å². The standard InChI is InChI=1S/C25H38N4O2/c1-19-7-5-8-20(2)25(19)26-23(30)17-27-13-15-28(16-14-27)24(31)18-29-12-6-10-21-9-3-4-11-22(21)29/h5,7-8,21-22H,3-4,6,9-18H2,1-2H3,(H,26,30)/t21-,22-/m0/s1. The number of benzene rings is 1. The van der Waals surface area contributed by atoms with Gasteiger partial charge in [0.25, 0.3) is 0 Å². The molecule has 0 aromatic heterocycles. The molecule has 3 fully saturated rings. The van der Waals surface area contributed by atoms with E-state index < -0.39 is 0 Å². The molecule has 6 nitrogen and oxygen atoms in total. The van der Waals surface area contributed by atoms with Crippen LogP contribution in [-0.2, 0) is 9.59 Å². The third kappa shape index (κ3) is 5.47. The number of piperazine rings is 1. The molecule has 1 N–H and O–H groups in total. The van der Waals surface area contributed by atoms with Gasteiger partial charge in [-0.2, -0.15) is 0 Å². The third-order valence-electron chi connectivity index (χ3n) is 7.53. The summed E-state index contributed by atoms with van der Waals surface area (Å²) in [6.45, 7) is 9.03. The lowest BCUT2D eigenvalue weighted by molar-refractivity contribution is -0.136. The van der Waals surface area contributed by atoms with Gasteiger partial charge in [-0.3, -0.25) is 19.4 Å². The van der Waals surface area contributed by atoms with Crippen LogP contribution in [0, 0.1) is 19.8 Å². The number of rotatable bonds is 5. The molecule has 0 radical (unpaired) electrons. The van der Waals surface area contributed by atoms with Gasteiger partial charge < -0.3 is 10.2 Å². The highest BCUT2D eigenvalue weighted by Gasteiger charge is 2.35. The minimum Gasteiger partial charge on any atom is -0.339 e. The van der Waals surface area contributed by atoms with Crippen molar-refractivity contribution in [2.24, 2.45) is 5.92 Å². The van der Waals surface area contributed by atoms with Gasteiger partial charge in [-0.25, -0.2) is 0 Å². The molecule has 2 atom stereocenters. The summed E-state index contributed by atoms with van der Waals surface area (Å²) in [5, 5.41) is 3.07. The van der Waals surface area contributed by atoms with Crippen LogP contribution in [0.15, 0.2) is 18.2 Å². The van der Waals surface area contributed by atoms with E-state index in [1.54, 1.807) is 0 Å². The highest BCUT2D eigenvalue weighted by atomic mass is 16.2. The van der Waals surface area contributed by atoms with Crippen molar-refractivity contribution in [3.8, 4) is 0 Å². The summed E-state index contributed by atoms with van der Waals surface area (Å²) in [6.07, 6.45) is 7.87. The van der Waals surface area contributed by atoms with E-state index in [2.05, 4.69) is 15.1 Å². The van der Waals surface area contributed by atoms with Gasteiger partial charge >= 0.3 is 0 Å². The molecule has 1 aromatic rings. The summed E-state index contributed by atoms with van der Waals surface area (Å²) in [6, 6.07) is 6.67. The molecule has 0 unspecified atom stereocenters. The predicted molar refractivity (Wildman–Crippen MR) is 124 cm³/mol. The molecular formula is C25H38N4O2. The molecule has 0 spiro atoms. The van der Waals surface area contributed by atoms with Gasteiger partial charge in [0.05, 0.1) is 13.1 Å². The number of anilines is 1. The van der Waals surface area contributed by atoms with E-state index in [1.165, 1.54) is 38.5 Å². The summed E-state index contributed by atoms with van der Waals surface area (Å²) in [7, 11) is 0. The van der Waals surface area contributed by atoms with Crippen LogP contribution in [-0.4, -0.2) is 78.4 Å². The highest BCUT2D eigenvalue weighted by Crippen LogP contribution is 2.35. The highest BCUT2D eigenvalue weighted by molar-refractivity contribution is 5.93. The van der Waals surface area contributed by atoms with Gasteiger partial charge in [0, 0.05) is 37.9 Å². The normalized spacial score (nSPS) is 25.2. The molecule has 2 amide bonds. The number of amides is 2. The smallest absolute Gasteiger partial charge is 0.238 e. The van der Waals surface area contributed by atoms with Crippen LogP contribution in [0.25, 0.3) is 0 Å². The Morgan fingerprint density at radius 1 is 0.903 bits per heavy atom. The Morgan fingerprint density at radius 3 is 2.32 bits per heavy atom. The maximum atomic E-state index is 13.0. The number of nitrogens with one attached hydrogen (secondary N) is 1. The zero-order chi connectivity index (χ0) is 21.8. The van der Waals surface area contributed by atoms with E-state index in [4.69, 9.17) is 0 Å². The SMILES string of the molecule is Cc1cccc(C)c1NC(=O)CN1CCN(C(=O)CN2CCC[C@@H]3CCCC[C@@H]32)CC1. The predicted octanol–water partition coefficient (Wildman–Crippen LogP) is 3.04. The van der Waals surface area contributed by atoms with Crippen molar-refractivity contribution in [2.45, 2.75) is 58.4 Å². The molecule has 31 heavy (non-hydrogen) atoms. The van der Waals surface area contributed by atoms with E-state index in [9.17, 15) is 9.59 Å². The molecule has 2 saturated heterocycles. The van der Waals surface area contributed by atoms with Gasteiger partial charge in [-0.1, -0.05) is 31.0 Å². The number of nitrogens with zero attached hydrogens (tertiary/aromatic N) is 3. The van der Waals surface area contributed by atoms with Gasteiger partial charge in [-0.05, 0) is 63.1 Å². The second kappa shape index (κ2) is 10.1. The Hall–Kier alpha value is -1.92. The van der Waals surface area contributed by atoms with Crippen LogP contribution in [0.4, 0.5) is 5.69 Å². The fourth-order valence-electron chi connectivity index (χ4n) is 5.75. The number of hydrogen-bond donors (Lipinski definition) is 1. The third-order valence-corrected chi connectivity index (χ3v) is 7.53. The number of likely N-dealkylation sites (tertiary alicyclic amines) is 1. The van der Waals surface area contributed by atoms with Crippen molar-refractivity contribution in [3.63, 3.8) is 0 Å². The van der Waals surface area contributed by atoms with Crippen LogP contribution in [0.5, 0.6) is 0 Å². The zero-order valence-electron chi connectivity index (χ0n) is 19.2. The van der Waals surface area contributed by atoms with Crippen LogP contribution in [0.3, 0.4) is 0 Å². The molecule has 1 aromatic carbocycles. The second-order valence-electron chi connectivity index (χ2n) is 9.70. The van der Waals surface area contributed by atoms with E-state index in [0.29, 0.717) is 19.1 Å². The van der Waals surface area contributed by atoms with Crippen molar-refractivity contribution in [1.29, 1.82) is 0 Å². The molecule has 1 aliphatic carbocycles. The average Bonchev–Trinajstić information content (AvgIpc) is 2.77. The quantitative estimate of drug-likeness (QED) is 0.786. The lowest BCUT2D eigenvalue weighted by Crippen LogP contribution is -2.55. The number of fused-ring (bicyclic) bond motifs is 1. The van der Waals surface area contributed by atoms with Gasteiger partial charge in [-0.15, -0.1) is 0 Å². The first-order chi connectivity index (χ1) is 15.0. The number of carbonyl (C=O) groups excluding carboxylic acids is 2. The Kier molecular flexibility index (Phi) is 7.28. The first-order valence-corrected chi connectivity index (χ1v) is 12.1. The summed E-state index contributed by atoms with van der Waals surface area (Å²) in [5.74, 6) is 1.10. The van der Waals surface area contributed by atoms with E-state index >= 15 is 0 Å². The molecule has 0 bridgehead atoms. The van der Waals surface area contributed by atoms with E-state index in [-0.39, 0.29) is 11.8 Å². The maximum Gasteiger partial charge on any atom is 0.238 e. The van der Waals surface area contributed by atoms with Crippen molar-refractivity contribution in [1.82, 2.24) is 14.7 Å². The number of aryl methyl sites for hydroxylation is 2. The Morgan fingerprint density at radius 2 is 1.58 bits per heavy atom. The summed E-state index contributed by atoms with van der Waals surface area (Å²) < 4.78 is 0. The van der Waals surface area contributed by atoms with E-state index in [1.807, 2.05) is 36.9 Å². The maximum absolute atomic E-state index is 13.0. The summed E-state index contributed by atoms with van der Waals surface area (Å²) in [5.41, 5.74) is 3.09. The molecule has 3 aliphatic rings. The molecule has 6 heteroatoms. The van der Waals surface area contributed by atoms with Crippen molar-refractivity contribution < 1.29 is 9.59 Å². The summed E-state index contributed by atoms with van der Waals surface area (Å²) >= 11 is 0. The van der Waals surface area contributed by atoms with Crippen molar-refractivity contribution in [2.75, 3.05) is 51.1 Å². The first-order valence-electron chi connectivity index (χ1n) is 12.1. The molecule has 170 valence electrons. The van der Waals surface area contributed by atoms with Crippen LogP contribution in [0.1, 0.15) is 49.7 Å². The lowest BCUT2D eigenvalue weighted by Gasteiger charge is -2.44. The molecule has 2 aliphatic heterocycles. The van der Waals surface area contributed by atoms with Gasteiger partial charge in [0.1, 0.15) is 0 Å². The molecule has 2 heterocycles. The number of piperidine rings is 1. The summed E-state index contributed by atoms with van der Waals surface area (Å²) in [4.78, 5) is 32.2. The molecule has 4 rings (SSSR count). The topological polar surface area (TPSA) is 55.9 Å². The molecule has 1 saturated carbocycles. The Bertz CT molecular complexity index is 765. The minimum atomic E-state index is 0.0221. The number of para-hydroxylation sites is 1. The zero-order valence-corrected chi connectivity index (χ0v) is 19.2. The number of hydrogen-bond acceptors (Lipinski definition) is 4. The van der Waals surface area contributed by atoms with E-state index in [0.717, 1.165) is 55.5 Å². The van der Waals surface area contributed by atoms with Gasteiger partial charge in [0.15, 0.2) is 0 Å². The van der Waals surface area contributed by atoms with Crippen LogP contribution >= 0.6 is 0 Å². The van der Waals surface area contributed by atoms with Crippen LogP contribution in [0.2, 0.25) is 0 Å². The Balaban J connectivity index is 1.23. The first kappa shape index (κ1) is 22.3. The fraction of sp³-hybridized carbons (Fsp3) is 0.680. The fourth-order valence-corrected chi connectivity index (χ4v) is 5.75. The van der Waals surface area contributed by atoms with Gasteiger partial charge in [0.2, 0.25) is 11.8 Å². The lowest BCUT2D eigenvalue weighted by atomic mass is 9.78. The number of carbonyl (C=O) groups is 2. The van der Waals surface area contributed by atoms with Crippen molar-refractivity contribution in [3.05, 3.63) is 29.3 Å². The minimum absolute atomic E-state index is 0.0221. The van der Waals surface area contributed by atoms with Crippen LogP contribution < -0.4 is 5.32 Å². The molecular weight excluding hydrogens is 388 g/mol. The monoisotopic (exact) mass is 426 g/mol. The second-order valence-corrected chi connectivity index (χ2v) is 9.70.